The van der Waals surface area contributed by atoms with Gasteiger partial charge in [-0.1, -0.05) is 49.7 Å². The van der Waals surface area contributed by atoms with Crippen molar-refractivity contribution < 1.29 is 24.1 Å². The molecule has 2 aromatic rings. The van der Waals surface area contributed by atoms with Crippen LogP contribution in [0.25, 0.3) is 0 Å². The summed E-state index contributed by atoms with van der Waals surface area (Å²) >= 11 is 5.51. The molecule has 0 fully saturated rings. The fraction of sp³-hybridized carbons (Fsp3) is 0.417. The lowest BCUT2D eigenvalue weighted by Gasteiger charge is -2.26. The summed E-state index contributed by atoms with van der Waals surface area (Å²) in [5.41, 5.74) is 3.71. The van der Waals surface area contributed by atoms with Crippen LogP contribution in [0.15, 0.2) is 60.1 Å². The topological polar surface area (TPSA) is 57.2 Å². The van der Waals surface area contributed by atoms with Gasteiger partial charge in [0.1, 0.15) is 24.7 Å². The molecule has 0 unspecified atom stereocenters. The monoisotopic (exact) mass is 434 g/mol. The van der Waals surface area contributed by atoms with Gasteiger partial charge in [0, 0.05) is 11.0 Å². The SMILES string of the molecule is CC(C)(c1ccc(OC/C=C/Cl)cc1)c1ccc(OCCOCCOCCO)cc1. The Kier molecular flexibility index (Phi) is 10.7. The van der Waals surface area contributed by atoms with Crippen molar-refractivity contribution in [3.8, 4) is 11.5 Å². The van der Waals surface area contributed by atoms with Gasteiger partial charge in [-0.25, -0.2) is 0 Å². The van der Waals surface area contributed by atoms with E-state index in [1.54, 1.807) is 6.08 Å². The summed E-state index contributed by atoms with van der Waals surface area (Å²) in [5.74, 6) is 1.63. The second-order valence-electron chi connectivity index (χ2n) is 7.14. The van der Waals surface area contributed by atoms with Crippen molar-refractivity contribution in [2.24, 2.45) is 0 Å². The summed E-state index contributed by atoms with van der Waals surface area (Å²) in [5, 5.41) is 8.62. The highest BCUT2D eigenvalue weighted by Gasteiger charge is 2.23. The quantitative estimate of drug-likeness (QED) is 0.442. The highest BCUT2D eigenvalue weighted by Crippen LogP contribution is 2.33. The Morgan fingerprint density at radius 3 is 1.80 bits per heavy atom. The van der Waals surface area contributed by atoms with E-state index in [-0.39, 0.29) is 12.0 Å². The minimum atomic E-state index is -0.148. The number of halogens is 1. The maximum Gasteiger partial charge on any atom is 0.119 e. The van der Waals surface area contributed by atoms with Crippen molar-refractivity contribution in [1.82, 2.24) is 0 Å². The van der Waals surface area contributed by atoms with Crippen LogP contribution in [-0.4, -0.2) is 51.4 Å². The highest BCUT2D eigenvalue weighted by atomic mass is 35.5. The third-order valence-corrected chi connectivity index (χ3v) is 4.87. The molecule has 0 heterocycles. The smallest absolute Gasteiger partial charge is 0.119 e. The fourth-order valence-electron chi connectivity index (χ4n) is 2.89. The molecule has 0 amide bonds. The van der Waals surface area contributed by atoms with Gasteiger partial charge in [0.05, 0.1) is 33.0 Å². The molecule has 0 aliphatic rings. The number of benzene rings is 2. The van der Waals surface area contributed by atoms with E-state index in [1.165, 1.54) is 16.7 Å². The zero-order chi connectivity index (χ0) is 21.7. The van der Waals surface area contributed by atoms with Crippen molar-refractivity contribution in [2.45, 2.75) is 19.3 Å². The maximum absolute atomic E-state index is 8.62. The highest BCUT2D eigenvalue weighted by molar-refractivity contribution is 6.25. The van der Waals surface area contributed by atoms with Gasteiger partial charge in [-0.05, 0) is 41.5 Å². The first-order chi connectivity index (χ1) is 14.6. The summed E-state index contributed by atoms with van der Waals surface area (Å²) in [6, 6.07) is 16.3. The van der Waals surface area contributed by atoms with Crippen LogP contribution in [0.4, 0.5) is 0 Å². The standard InChI is InChI=1S/C24H31ClO5/c1-24(2,20-4-8-22(9-5-20)29-14-3-12-25)21-6-10-23(11-7-21)30-19-18-28-17-16-27-15-13-26/h3-12,26H,13-19H2,1-2H3/b12-3+. The van der Waals surface area contributed by atoms with E-state index in [2.05, 4.69) is 38.1 Å². The zero-order valence-corrected chi connectivity index (χ0v) is 18.4. The predicted molar refractivity (Wildman–Crippen MR) is 120 cm³/mol. The predicted octanol–water partition coefficient (Wildman–Crippen LogP) is 4.55. The fourth-order valence-corrected chi connectivity index (χ4v) is 2.96. The molecule has 0 aliphatic carbocycles. The third-order valence-electron chi connectivity index (χ3n) is 4.69. The Morgan fingerprint density at radius 1 is 0.767 bits per heavy atom. The Hall–Kier alpha value is -2.05. The molecule has 0 saturated carbocycles. The van der Waals surface area contributed by atoms with E-state index in [9.17, 15) is 0 Å². The van der Waals surface area contributed by atoms with Gasteiger partial charge in [0.15, 0.2) is 0 Å². The molecule has 6 heteroatoms. The van der Waals surface area contributed by atoms with Gasteiger partial charge < -0.3 is 24.1 Å². The van der Waals surface area contributed by atoms with Crippen molar-refractivity contribution in [1.29, 1.82) is 0 Å². The number of hydrogen-bond acceptors (Lipinski definition) is 5. The molecule has 0 spiro atoms. The molecule has 0 aromatic heterocycles. The summed E-state index contributed by atoms with van der Waals surface area (Å²) in [7, 11) is 0. The van der Waals surface area contributed by atoms with Crippen molar-refractivity contribution in [3.63, 3.8) is 0 Å². The number of hydrogen-bond donors (Lipinski definition) is 1. The molecule has 0 atom stereocenters. The molecule has 2 rings (SSSR count). The minimum absolute atomic E-state index is 0.0302. The van der Waals surface area contributed by atoms with Gasteiger partial charge in [-0.3, -0.25) is 0 Å². The van der Waals surface area contributed by atoms with Gasteiger partial charge >= 0.3 is 0 Å². The first kappa shape index (κ1) is 24.2. The van der Waals surface area contributed by atoms with Crippen molar-refractivity contribution >= 4 is 11.6 Å². The minimum Gasteiger partial charge on any atom is -0.491 e. The molecular formula is C24H31ClO5. The van der Waals surface area contributed by atoms with Crippen LogP contribution in [0.3, 0.4) is 0 Å². The molecule has 164 valence electrons. The summed E-state index contributed by atoms with van der Waals surface area (Å²) < 4.78 is 21.9. The average Bonchev–Trinajstić information content (AvgIpc) is 2.76. The lowest BCUT2D eigenvalue weighted by Crippen LogP contribution is -2.18. The lowest BCUT2D eigenvalue weighted by atomic mass is 9.78. The Labute approximate surface area is 184 Å². The zero-order valence-electron chi connectivity index (χ0n) is 17.7. The summed E-state index contributed by atoms with van der Waals surface area (Å²) in [4.78, 5) is 0. The number of aliphatic hydroxyl groups is 1. The Morgan fingerprint density at radius 2 is 1.27 bits per heavy atom. The molecule has 0 saturated heterocycles. The molecule has 30 heavy (non-hydrogen) atoms. The van der Waals surface area contributed by atoms with Crippen LogP contribution in [0, 0.1) is 0 Å². The van der Waals surface area contributed by atoms with Gasteiger partial charge in [-0.2, -0.15) is 0 Å². The lowest BCUT2D eigenvalue weighted by molar-refractivity contribution is 0.0247. The number of aliphatic hydroxyl groups excluding tert-OH is 1. The van der Waals surface area contributed by atoms with E-state index < -0.39 is 0 Å². The molecule has 0 aliphatic heterocycles. The molecule has 0 radical (unpaired) electrons. The van der Waals surface area contributed by atoms with Crippen LogP contribution < -0.4 is 9.47 Å². The van der Waals surface area contributed by atoms with E-state index >= 15 is 0 Å². The van der Waals surface area contributed by atoms with Crippen LogP contribution in [0.2, 0.25) is 0 Å². The van der Waals surface area contributed by atoms with E-state index in [4.69, 9.17) is 35.7 Å². The van der Waals surface area contributed by atoms with Gasteiger partial charge in [0.25, 0.3) is 0 Å². The molecule has 0 bridgehead atoms. The van der Waals surface area contributed by atoms with E-state index in [0.29, 0.717) is 39.6 Å². The van der Waals surface area contributed by atoms with Gasteiger partial charge in [0.2, 0.25) is 0 Å². The number of ether oxygens (including phenoxy) is 4. The second kappa shape index (κ2) is 13.3. The van der Waals surface area contributed by atoms with Crippen LogP contribution in [-0.2, 0) is 14.9 Å². The van der Waals surface area contributed by atoms with Crippen LogP contribution >= 0.6 is 11.6 Å². The van der Waals surface area contributed by atoms with Crippen LogP contribution in [0.1, 0.15) is 25.0 Å². The van der Waals surface area contributed by atoms with E-state index in [1.807, 2.05) is 24.3 Å². The molecule has 2 aromatic carbocycles. The van der Waals surface area contributed by atoms with Gasteiger partial charge in [-0.15, -0.1) is 0 Å². The molecular weight excluding hydrogens is 404 g/mol. The summed E-state index contributed by atoms with van der Waals surface area (Å²) in [6.07, 6.45) is 1.75. The normalized spacial score (nSPS) is 11.7. The Balaban J connectivity index is 1.82. The molecule has 5 nitrogen and oxygen atoms in total. The Bertz CT molecular complexity index is 741. The first-order valence-corrected chi connectivity index (χ1v) is 10.5. The first-order valence-electron chi connectivity index (χ1n) is 10.1. The summed E-state index contributed by atoms with van der Waals surface area (Å²) in [6.45, 7) is 7.15. The molecule has 1 N–H and O–H groups in total. The van der Waals surface area contributed by atoms with Crippen molar-refractivity contribution in [2.75, 3.05) is 46.2 Å². The second-order valence-corrected chi connectivity index (χ2v) is 7.40. The largest absolute Gasteiger partial charge is 0.491 e. The third kappa shape index (κ3) is 8.00. The van der Waals surface area contributed by atoms with Crippen molar-refractivity contribution in [3.05, 3.63) is 71.3 Å². The maximum atomic E-state index is 8.62. The average molecular weight is 435 g/mol. The number of rotatable bonds is 14. The van der Waals surface area contributed by atoms with E-state index in [0.717, 1.165) is 11.5 Å². The van der Waals surface area contributed by atoms with Crippen LogP contribution in [0.5, 0.6) is 11.5 Å².